The van der Waals surface area contributed by atoms with Gasteiger partial charge in [0.15, 0.2) is 0 Å². The Kier molecular flexibility index (Phi) is 6.25. The minimum Gasteiger partial charge on any atom is -0.348 e. The minimum atomic E-state index is -3.43. The first-order valence-electron chi connectivity index (χ1n) is 10.2. The van der Waals surface area contributed by atoms with Gasteiger partial charge in [-0.15, -0.1) is 0 Å². The predicted octanol–water partition coefficient (Wildman–Crippen LogP) is 3.12. The molecule has 2 aromatic carbocycles. The summed E-state index contributed by atoms with van der Waals surface area (Å²) in [5.74, 6) is -0.686. The van der Waals surface area contributed by atoms with Crippen LogP contribution in [0, 0.1) is 17.1 Å². The number of carbonyl (C=O) groups is 1. The summed E-state index contributed by atoms with van der Waals surface area (Å²) in [6.07, 6.45) is 2.98. The molecular formula is C23H19FN6O3S. The summed E-state index contributed by atoms with van der Waals surface area (Å²) >= 11 is 0. The lowest BCUT2D eigenvalue weighted by Crippen LogP contribution is -2.23. The van der Waals surface area contributed by atoms with Crippen molar-refractivity contribution in [1.82, 2.24) is 20.1 Å². The predicted molar refractivity (Wildman–Crippen MR) is 124 cm³/mol. The zero-order valence-electron chi connectivity index (χ0n) is 18.0. The maximum absolute atomic E-state index is 13.3. The van der Waals surface area contributed by atoms with Crippen LogP contribution in [0.4, 0.5) is 10.2 Å². The number of rotatable bonds is 7. The molecule has 0 spiro atoms. The number of halogens is 1. The average molecular weight is 479 g/mol. The molecule has 4 rings (SSSR count). The lowest BCUT2D eigenvalue weighted by Gasteiger charge is -2.09. The Labute approximate surface area is 194 Å². The third kappa shape index (κ3) is 4.87. The molecule has 0 unspecified atom stereocenters. The van der Waals surface area contributed by atoms with Crippen molar-refractivity contribution in [1.29, 1.82) is 5.26 Å². The number of nitrogens with zero attached hydrogens (tertiary/aromatic N) is 4. The normalized spacial score (nSPS) is 11.2. The molecule has 9 nitrogen and oxygen atoms in total. The third-order valence-corrected chi connectivity index (χ3v) is 6.33. The summed E-state index contributed by atoms with van der Waals surface area (Å²) < 4.78 is 40.5. The fourth-order valence-corrected chi connectivity index (χ4v) is 3.85. The molecule has 4 aromatic rings. The van der Waals surface area contributed by atoms with E-state index in [1.807, 2.05) is 6.07 Å². The average Bonchev–Trinajstić information content (AvgIpc) is 3.27. The molecule has 0 saturated carbocycles. The molecule has 1 amide bonds. The Morgan fingerprint density at radius 2 is 1.91 bits per heavy atom. The molecule has 172 valence electrons. The number of amides is 1. The van der Waals surface area contributed by atoms with Gasteiger partial charge in [0.1, 0.15) is 11.6 Å². The van der Waals surface area contributed by atoms with Gasteiger partial charge in [0, 0.05) is 18.1 Å². The monoisotopic (exact) mass is 478 g/mol. The lowest BCUT2D eigenvalue weighted by molar-refractivity contribution is 0.0952. The Hall–Kier alpha value is -4.30. The molecule has 0 fully saturated rings. The van der Waals surface area contributed by atoms with Crippen LogP contribution in [0.3, 0.4) is 0 Å². The summed E-state index contributed by atoms with van der Waals surface area (Å²) in [6, 6.07) is 14.0. The zero-order valence-corrected chi connectivity index (χ0v) is 18.8. The highest BCUT2D eigenvalue weighted by Gasteiger charge is 2.16. The lowest BCUT2D eigenvalue weighted by atomic mass is 10.1. The van der Waals surface area contributed by atoms with Gasteiger partial charge in [-0.25, -0.2) is 22.5 Å². The van der Waals surface area contributed by atoms with Crippen molar-refractivity contribution >= 4 is 32.7 Å². The molecular weight excluding hydrogens is 459 g/mol. The Balaban J connectivity index is 1.57. The van der Waals surface area contributed by atoms with Crippen molar-refractivity contribution in [3.8, 4) is 11.8 Å². The van der Waals surface area contributed by atoms with E-state index in [4.69, 9.17) is 0 Å². The van der Waals surface area contributed by atoms with Gasteiger partial charge in [0.25, 0.3) is 5.91 Å². The summed E-state index contributed by atoms with van der Waals surface area (Å²) in [6.45, 7) is 1.66. The number of aromatic nitrogens is 3. The van der Waals surface area contributed by atoms with Gasteiger partial charge in [-0.2, -0.15) is 10.4 Å². The first-order chi connectivity index (χ1) is 16.3. The van der Waals surface area contributed by atoms with Crippen LogP contribution in [-0.2, 0) is 16.6 Å². The standard InChI is InChI=1S/C23H19FN6O3S/c1-2-34(32,33)29-22-8-3-15(12-26-22)13-27-23(31)19-9-16(11-25)10-21-20(19)14-28-30(21)18-6-4-17(24)5-7-18/h3-10,12,14H,2,13H2,1H3,(H,26,29)(H,27,31). The van der Waals surface area contributed by atoms with E-state index in [9.17, 15) is 22.9 Å². The smallest absolute Gasteiger partial charge is 0.252 e. The number of nitrogens with one attached hydrogen (secondary N) is 2. The van der Waals surface area contributed by atoms with E-state index in [1.165, 1.54) is 48.3 Å². The highest BCUT2D eigenvalue weighted by atomic mass is 32.2. The van der Waals surface area contributed by atoms with Gasteiger partial charge in [-0.3, -0.25) is 9.52 Å². The van der Waals surface area contributed by atoms with Crippen LogP contribution in [0.1, 0.15) is 28.4 Å². The van der Waals surface area contributed by atoms with E-state index < -0.39 is 15.9 Å². The van der Waals surface area contributed by atoms with Gasteiger partial charge in [-0.05, 0) is 55.0 Å². The van der Waals surface area contributed by atoms with Crippen LogP contribution in [0.15, 0.2) is 60.9 Å². The summed E-state index contributed by atoms with van der Waals surface area (Å²) in [7, 11) is -3.43. The maximum atomic E-state index is 13.3. The third-order valence-electron chi connectivity index (χ3n) is 5.05. The second kappa shape index (κ2) is 9.29. The maximum Gasteiger partial charge on any atom is 0.252 e. The SMILES string of the molecule is CCS(=O)(=O)Nc1ccc(CNC(=O)c2cc(C#N)cc3c2cnn3-c2ccc(F)cc2)cn1. The van der Waals surface area contributed by atoms with Gasteiger partial charge in [-0.1, -0.05) is 6.07 Å². The van der Waals surface area contributed by atoms with Crippen LogP contribution in [0.25, 0.3) is 16.6 Å². The molecule has 34 heavy (non-hydrogen) atoms. The largest absolute Gasteiger partial charge is 0.348 e. The molecule has 0 saturated heterocycles. The second-order valence-electron chi connectivity index (χ2n) is 7.34. The fraction of sp³-hybridized carbons (Fsp3) is 0.130. The highest BCUT2D eigenvalue weighted by Crippen LogP contribution is 2.24. The van der Waals surface area contributed by atoms with Crippen molar-refractivity contribution in [2.45, 2.75) is 13.5 Å². The van der Waals surface area contributed by atoms with E-state index in [2.05, 4.69) is 20.1 Å². The topological polar surface area (TPSA) is 130 Å². The quantitative estimate of drug-likeness (QED) is 0.420. The molecule has 11 heteroatoms. The number of nitriles is 1. The first-order valence-corrected chi connectivity index (χ1v) is 11.9. The molecule has 0 radical (unpaired) electrons. The van der Waals surface area contributed by atoms with Gasteiger partial charge >= 0.3 is 0 Å². The number of carbonyl (C=O) groups excluding carboxylic acids is 1. The van der Waals surface area contributed by atoms with Crippen LogP contribution < -0.4 is 10.0 Å². The van der Waals surface area contributed by atoms with Crippen LogP contribution in [0.2, 0.25) is 0 Å². The van der Waals surface area contributed by atoms with Crippen molar-refractivity contribution < 1.29 is 17.6 Å². The molecule has 2 aromatic heterocycles. The Morgan fingerprint density at radius 1 is 1.15 bits per heavy atom. The zero-order chi connectivity index (χ0) is 24.3. The fourth-order valence-electron chi connectivity index (χ4n) is 3.27. The number of fused-ring (bicyclic) bond motifs is 1. The molecule has 0 aliphatic rings. The van der Waals surface area contributed by atoms with E-state index in [-0.39, 0.29) is 35.1 Å². The van der Waals surface area contributed by atoms with Gasteiger partial charge in [0.2, 0.25) is 10.0 Å². The van der Waals surface area contributed by atoms with E-state index in [0.29, 0.717) is 22.2 Å². The molecule has 0 atom stereocenters. The summed E-state index contributed by atoms with van der Waals surface area (Å²) in [5.41, 5.74) is 2.31. The van der Waals surface area contributed by atoms with Crippen LogP contribution in [-0.4, -0.2) is 34.8 Å². The number of anilines is 1. The van der Waals surface area contributed by atoms with Crippen molar-refractivity contribution in [2.24, 2.45) is 0 Å². The van der Waals surface area contributed by atoms with Gasteiger partial charge < -0.3 is 5.32 Å². The van der Waals surface area contributed by atoms with E-state index >= 15 is 0 Å². The van der Waals surface area contributed by atoms with Crippen molar-refractivity contribution in [3.05, 3.63) is 83.4 Å². The molecule has 2 heterocycles. The van der Waals surface area contributed by atoms with Crippen molar-refractivity contribution in [2.75, 3.05) is 10.5 Å². The summed E-state index contributed by atoms with van der Waals surface area (Å²) in [4.78, 5) is 17.0. The highest BCUT2D eigenvalue weighted by molar-refractivity contribution is 7.92. The van der Waals surface area contributed by atoms with Crippen LogP contribution >= 0.6 is 0 Å². The Morgan fingerprint density at radius 3 is 2.56 bits per heavy atom. The van der Waals surface area contributed by atoms with Crippen LogP contribution in [0.5, 0.6) is 0 Å². The Bertz CT molecular complexity index is 1510. The van der Waals surface area contributed by atoms with Crippen molar-refractivity contribution in [3.63, 3.8) is 0 Å². The number of pyridine rings is 1. The second-order valence-corrected chi connectivity index (χ2v) is 9.35. The molecule has 0 aliphatic carbocycles. The number of hydrogen-bond donors (Lipinski definition) is 2. The number of hydrogen-bond acceptors (Lipinski definition) is 6. The number of benzene rings is 2. The molecule has 0 bridgehead atoms. The molecule has 0 aliphatic heterocycles. The van der Waals surface area contributed by atoms with E-state index in [1.54, 1.807) is 24.3 Å². The summed E-state index contributed by atoms with van der Waals surface area (Å²) in [5, 5.41) is 17.1. The number of sulfonamides is 1. The first kappa shape index (κ1) is 22.9. The van der Waals surface area contributed by atoms with E-state index in [0.717, 1.165) is 0 Å². The minimum absolute atomic E-state index is 0.0690. The van der Waals surface area contributed by atoms with Gasteiger partial charge in [0.05, 0.1) is 40.3 Å². The molecule has 2 N–H and O–H groups in total.